The molecule has 2 aromatic heterocycles. The standard InChI is InChI=1S/C25H25N3O/c1-17-7-5-9-19(26-17)16-28-14-13-22-21-11-3-4-12-23(21)27-24(22)25(28)18-8-6-10-20(15-18)29-2/h3-12,15,25,27H,13-14,16H2,1-2H3/t25-/m1/s1. The predicted octanol–water partition coefficient (Wildman–Crippen LogP) is 5.03. The van der Waals surface area contributed by atoms with Gasteiger partial charge in [0.05, 0.1) is 18.8 Å². The highest BCUT2D eigenvalue weighted by atomic mass is 16.5. The summed E-state index contributed by atoms with van der Waals surface area (Å²) in [6.07, 6.45) is 1.03. The van der Waals surface area contributed by atoms with Gasteiger partial charge in [0.1, 0.15) is 5.75 Å². The Morgan fingerprint density at radius 3 is 2.79 bits per heavy atom. The lowest BCUT2D eigenvalue weighted by Crippen LogP contribution is -2.36. The number of methoxy groups -OCH3 is 1. The number of benzene rings is 2. The molecular weight excluding hydrogens is 358 g/mol. The first-order chi connectivity index (χ1) is 14.2. The molecule has 3 heterocycles. The second-order valence-corrected chi connectivity index (χ2v) is 7.73. The minimum atomic E-state index is 0.142. The summed E-state index contributed by atoms with van der Waals surface area (Å²) in [4.78, 5) is 11.0. The quantitative estimate of drug-likeness (QED) is 0.537. The number of ether oxygens (including phenoxy) is 1. The lowest BCUT2D eigenvalue weighted by Gasteiger charge is -2.36. The number of hydrogen-bond donors (Lipinski definition) is 1. The maximum absolute atomic E-state index is 5.52. The van der Waals surface area contributed by atoms with Gasteiger partial charge in [0, 0.05) is 35.4 Å². The third-order valence-electron chi connectivity index (χ3n) is 5.85. The van der Waals surface area contributed by atoms with E-state index in [1.807, 2.05) is 6.07 Å². The van der Waals surface area contributed by atoms with Crippen LogP contribution in [0.4, 0.5) is 0 Å². The third-order valence-corrected chi connectivity index (χ3v) is 5.85. The van der Waals surface area contributed by atoms with Crippen LogP contribution in [-0.2, 0) is 13.0 Å². The summed E-state index contributed by atoms with van der Waals surface area (Å²) in [5.41, 5.74) is 7.34. The molecule has 5 rings (SSSR count). The van der Waals surface area contributed by atoms with E-state index in [1.165, 1.54) is 27.7 Å². The Kier molecular flexibility index (Phi) is 4.57. The fraction of sp³-hybridized carbons (Fsp3) is 0.240. The number of nitrogens with one attached hydrogen (secondary N) is 1. The number of aromatic nitrogens is 2. The van der Waals surface area contributed by atoms with E-state index in [1.54, 1.807) is 7.11 Å². The van der Waals surface area contributed by atoms with Crippen molar-refractivity contribution in [3.63, 3.8) is 0 Å². The Balaban J connectivity index is 1.62. The summed E-state index contributed by atoms with van der Waals surface area (Å²) in [6.45, 7) is 3.86. The van der Waals surface area contributed by atoms with Crippen molar-refractivity contribution in [1.29, 1.82) is 0 Å². The van der Waals surface area contributed by atoms with Crippen LogP contribution in [0.3, 0.4) is 0 Å². The molecule has 1 aliphatic heterocycles. The smallest absolute Gasteiger partial charge is 0.119 e. The SMILES string of the molecule is COc1cccc([C@@H]2c3[nH]c4ccccc4c3CCN2Cc2cccc(C)n2)c1. The van der Waals surface area contributed by atoms with E-state index in [9.17, 15) is 0 Å². The molecular formula is C25H25N3O. The Bertz CT molecular complexity index is 1160. The molecule has 1 atom stereocenters. The van der Waals surface area contributed by atoms with Crippen molar-refractivity contribution in [2.75, 3.05) is 13.7 Å². The second-order valence-electron chi connectivity index (χ2n) is 7.73. The summed E-state index contributed by atoms with van der Waals surface area (Å²) in [5.74, 6) is 0.888. The molecule has 1 aliphatic rings. The Hall–Kier alpha value is -3.11. The van der Waals surface area contributed by atoms with Gasteiger partial charge in [0.25, 0.3) is 0 Å². The first-order valence-corrected chi connectivity index (χ1v) is 10.1. The molecule has 0 radical (unpaired) electrons. The molecule has 1 N–H and O–H groups in total. The molecule has 146 valence electrons. The van der Waals surface area contributed by atoms with Crippen LogP contribution in [0, 0.1) is 6.92 Å². The zero-order valence-corrected chi connectivity index (χ0v) is 16.9. The fourth-order valence-corrected chi connectivity index (χ4v) is 4.55. The van der Waals surface area contributed by atoms with Gasteiger partial charge in [-0.15, -0.1) is 0 Å². The van der Waals surface area contributed by atoms with Crippen LogP contribution in [0.25, 0.3) is 10.9 Å². The fourth-order valence-electron chi connectivity index (χ4n) is 4.55. The molecule has 0 saturated carbocycles. The number of H-pyrrole nitrogens is 1. The molecule has 2 aromatic carbocycles. The number of aryl methyl sites for hydroxylation is 1. The number of aromatic amines is 1. The van der Waals surface area contributed by atoms with Crippen LogP contribution in [0.2, 0.25) is 0 Å². The van der Waals surface area contributed by atoms with Gasteiger partial charge in [-0.05, 0) is 54.8 Å². The predicted molar refractivity (Wildman–Crippen MR) is 116 cm³/mol. The van der Waals surface area contributed by atoms with Gasteiger partial charge in [0.2, 0.25) is 0 Å². The van der Waals surface area contributed by atoms with Crippen molar-refractivity contribution in [1.82, 2.24) is 14.9 Å². The average Bonchev–Trinajstić information content (AvgIpc) is 3.12. The van der Waals surface area contributed by atoms with Crippen molar-refractivity contribution in [2.24, 2.45) is 0 Å². The van der Waals surface area contributed by atoms with Crippen LogP contribution in [0.1, 0.15) is 34.3 Å². The summed E-state index contributed by atoms with van der Waals surface area (Å²) in [6, 6.07) is 23.5. The number of pyridine rings is 1. The molecule has 4 aromatic rings. The van der Waals surface area contributed by atoms with Crippen LogP contribution in [-0.4, -0.2) is 28.5 Å². The van der Waals surface area contributed by atoms with Crippen molar-refractivity contribution < 1.29 is 4.74 Å². The number of para-hydroxylation sites is 1. The molecule has 29 heavy (non-hydrogen) atoms. The molecule has 4 heteroatoms. The van der Waals surface area contributed by atoms with E-state index in [0.29, 0.717) is 0 Å². The monoisotopic (exact) mass is 383 g/mol. The zero-order valence-electron chi connectivity index (χ0n) is 16.9. The van der Waals surface area contributed by atoms with Gasteiger partial charge >= 0.3 is 0 Å². The molecule has 4 nitrogen and oxygen atoms in total. The molecule has 0 bridgehead atoms. The van der Waals surface area contributed by atoms with Crippen molar-refractivity contribution in [2.45, 2.75) is 25.9 Å². The third kappa shape index (κ3) is 3.30. The summed E-state index contributed by atoms with van der Waals surface area (Å²) < 4.78 is 5.52. The minimum Gasteiger partial charge on any atom is -0.497 e. The Morgan fingerprint density at radius 1 is 1.07 bits per heavy atom. The molecule has 0 aliphatic carbocycles. The lowest BCUT2D eigenvalue weighted by molar-refractivity contribution is 0.199. The summed E-state index contributed by atoms with van der Waals surface area (Å²) in [5, 5.41) is 1.34. The van der Waals surface area contributed by atoms with Gasteiger partial charge in [0.15, 0.2) is 0 Å². The topological polar surface area (TPSA) is 41.1 Å². The van der Waals surface area contributed by atoms with E-state index < -0.39 is 0 Å². The first-order valence-electron chi connectivity index (χ1n) is 10.1. The average molecular weight is 383 g/mol. The zero-order chi connectivity index (χ0) is 19.8. The van der Waals surface area contributed by atoms with Crippen molar-refractivity contribution >= 4 is 10.9 Å². The highest BCUT2D eigenvalue weighted by molar-refractivity contribution is 5.85. The molecule has 0 fully saturated rings. The Morgan fingerprint density at radius 2 is 1.93 bits per heavy atom. The van der Waals surface area contributed by atoms with Gasteiger partial charge in [-0.2, -0.15) is 0 Å². The van der Waals surface area contributed by atoms with Crippen LogP contribution >= 0.6 is 0 Å². The van der Waals surface area contributed by atoms with Gasteiger partial charge in [-0.3, -0.25) is 9.88 Å². The lowest BCUT2D eigenvalue weighted by atomic mass is 9.92. The maximum Gasteiger partial charge on any atom is 0.119 e. The minimum absolute atomic E-state index is 0.142. The highest BCUT2D eigenvalue weighted by Gasteiger charge is 2.32. The number of fused-ring (bicyclic) bond motifs is 3. The Labute approximate surface area is 171 Å². The van der Waals surface area contributed by atoms with E-state index in [4.69, 9.17) is 9.72 Å². The molecule has 0 spiro atoms. The molecule has 0 unspecified atom stereocenters. The first kappa shape index (κ1) is 18.0. The summed E-state index contributed by atoms with van der Waals surface area (Å²) >= 11 is 0. The van der Waals surface area contributed by atoms with Gasteiger partial charge < -0.3 is 9.72 Å². The van der Waals surface area contributed by atoms with Gasteiger partial charge in [-0.25, -0.2) is 0 Å². The van der Waals surface area contributed by atoms with Crippen LogP contribution in [0.15, 0.2) is 66.7 Å². The maximum atomic E-state index is 5.52. The van der Waals surface area contributed by atoms with E-state index in [0.717, 1.165) is 36.6 Å². The van der Waals surface area contributed by atoms with Gasteiger partial charge in [-0.1, -0.05) is 36.4 Å². The normalized spacial score (nSPS) is 16.7. The van der Waals surface area contributed by atoms with Crippen molar-refractivity contribution in [3.8, 4) is 5.75 Å². The number of nitrogens with zero attached hydrogens (tertiary/aromatic N) is 2. The van der Waals surface area contributed by atoms with Crippen LogP contribution < -0.4 is 4.74 Å². The van der Waals surface area contributed by atoms with Crippen molar-refractivity contribution in [3.05, 3.63) is 94.9 Å². The number of hydrogen-bond acceptors (Lipinski definition) is 3. The van der Waals surface area contributed by atoms with Crippen LogP contribution in [0.5, 0.6) is 5.75 Å². The van der Waals surface area contributed by atoms with E-state index in [-0.39, 0.29) is 6.04 Å². The second kappa shape index (κ2) is 7.37. The molecule has 0 amide bonds. The van der Waals surface area contributed by atoms with E-state index >= 15 is 0 Å². The summed E-state index contributed by atoms with van der Waals surface area (Å²) in [7, 11) is 1.72. The van der Waals surface area contributed by atoms with E-state index in [2.05, 4.69) is 77.5 Å². The molecule has 0 saturated heterocycles. The highest BCUT2D eigenvalue weighted by Crippen LogP contribution is 2.39. The largest absolute Gasteiger partial charge is 0.497 e. The number of rotatable bonds is 4.